The van der Waals surface area contributed by atoms with Crippen LogP contribution in [0.4, 0.5) is 19.0 Å². The van der Waals surface area contributed by atoms with Crippen LogP contribution >= 0.6 is 0 Å². The molecular formula is C22H22F3N5O4. The number of amides is 1. The zero-order valence-corrected chi connectivity index (χ0v) is 18.5. The van der Waals surface area contributed by atoms with Crippen LogP contribution in [0.1, 0.15) is 11.5 Å². The third-order valence-corrected chi connectivity index (χ3v) is 5.43. The van der Waals surface area contributed by atoms with Gasteiger partial charge >= 0.3 is 12.1 Å². The van der Waals surface area contributed by atoms with Crippen molar-refractivity contribution < 1.29 is 32.0 Å². The summed E-state index contributed by atoms with van der Waals surface area (Å²) in [6.45, 7) is 2.19. The summed E-state index contributed by atoms with van der Waals surface area (Å²) in [4.78, 5) is 24.2. The van der Waals surface area contributed by atoms with Crippen LogP contribution in [-0.4, -0.2) is 66.3 Å². The van der Waals surface area contributed by atoms with Gasteiger partial charge in [0.2, 0.25) is 11.7 Å². The van der Waals surface area contributed by atoms with E-state index >= 15 is 0 Å². The van der Waals surface area contributed by atoms with Crippen LogP contribution in [0.25, 0.3) is 11.4 Å². The fourth-order valence-electron chi connectivity index (χ4n) is 3.62. The lowest BCUT2D eigenvalue weighted by Gasteiger charge is -2.35. The fraction of sp³-hybridized carbons (Fsp3) is 0.364. The van der Waals surface area contributed by atoms with Crippen molar-refractivity contribution in [3.63, 3.8) is 0 Å². The molecule has 1 amide bonds. The lowest BCUT2D eigenvalue weighted by atomic mass is 10.1. The molecule has 180 valence electrons. The lowest BCUT2D eigenvalue weighted by Crippen LogP contribution is -2.49. The first-order chi connectivity index (χ1) is 16.3. The van der Waals surface area contributed by atoms with Crippen molar-refractivity contribution in [1.82, 2.24) is 20.0 Å². The molecule has 2 aromatic heterocycles. The highest BCUT2D eigenvalue weighted by molar-refractivity contribution is 5.79. The molecule has 0 unspecified atom stereocenters. The molecule has 34 heavy (non-hydrogen) atoms. The number of carbonyl (C=O) groups excluding carboxylic acids is 1. The SMILES string of the molecule is COc1ccc(CC(=O)N2CCN(c3ccc(-c4noc(C(F)(F)F)n4)cn3)CC2)cc1OC. The van der Waals surface area contributed by atoms with Gasteiger partial charge in [0.15, 0.2) is 11.5 Å². The number of hydrogen-bond acceptors (Lipinski definition) is 8. The van der Waals surface area contributed by atoms with Gasteiger partial charge in [-0.3, -0.25) is 4.79 Å². The van der Waals surface area contributed by atoms with E-state index in [2.05, 4.69) is 19.6 Å². The second kappa shape index (κ2) is 9.57. The van der Waals surface area contributed by atoms with Crippen molar-refractivity contribution in [3.8, 4) is 22.9 Å². The van der Waals surface area contributed by atoms with E-state index in [9.17, 15) is 18.0 Å². The van der Waals surface area contributed by atoms with Gasteiger partial charge in [-0.1, -0.05) is 11.2 Å². The molecule has 0 spiro atoms. The quantitative estimate of drug-likeness (QED) is 0.535. The first-order valence-corrected chi connectivity index (χ1v) is 10.4. The molecular weight excluding hydrogens is 455 g/mol. The van der Waals surface area contributed by atoms with Crippen molar-refractivity contribution in [2.75, 3.05) is 45.3 Å². The molecule has 1 aromatic carbocycles. The molecule has 1 fully saturated rings. The van der Waals surface area contributed by atoms with Crippen LogP contribution in [0.15, 0.2) is 41.1 Å². The molecule has 0 bridgehead atoms. The Morgan fingerprint density at radius 1 is 1.06 bits per heavy atom. The molecule has 1 aliphatic heterocycles. The summed E-state index contributed by atoms with van der Waals surface area (Å²) in [6, 6.07) is 8.66. The maximum absolute atomic E-state index is 12.8. The summed E-state index contributed by atoms with van der Waals surface area (Å²) in [5, 5.41) is 3.36. The summed E-state index contributed by atoms with van der Waals surface area (Å²) in [5.74, 6) is 0.244. The first kappa shape index (κ1) is 23.3. The highest BCUT2D eigenvalue weighted by atomic mass is 19.4. The Kier molecular flexibility index (Phi) is 6.57. The second-order valence-electron chi connectivity index (χ2n) is 7.56. The molecule has 0 atom stereocenters. The van der Waals surface area contributed by atoms with E-state index < -0.39 is 12.1 Å². The third-order valence-electron chi connectivity index (χ3n) is 5.43. The lowest BCUT2D eigenvalue weighted by molar-refractivity contribution is -0.159. The molecule has 0 saturated carbocycles. The number of hydrogen-bond donors (Lipinski definition) is 0. The Hall–Kier alpha value is -3.83. The van der Waals surface area contributed by atoms with Gasteiger partial charge in [-0.25, -0.2) is 4.98 Å². The zero-order valence-electron chi connectivity index (χ0n) is 18.5. The number of anilines is 1. The Bertz CT molecular complexity index is 1140. The van der Waals surface area contributed by atoms with E-state index in [1.165, 1.54) is 6.20 Å². The maximum Gasteiger partial charge on any atom is 0.471 e. The number of aromatic nitrogens is 3. The average Bonchev–Trinajstić information content (AvgIpc) is 3.35. The van der Waals surface area contributed by atoms with E-state index in [1.807, 2.05) is 11.0 Å². The van der Waals surface area contributed by atoms with E-state index in [-0.39, 0.29) is 18.2 Å². The van der Waals surface area contributed by atoms with Gasteiger partial charge in [-0.05, 0) is 29.8 Å². The number of carbonyl (C=O) groups is 1. The smallest absolute Gasteiger partial charge is 0.471 e. The number of benzene rings is 1. The van der Waals surface area contributed by atoms with Crippen LogP contribution in [-0.2, 0) is 17.4 Å². The maximum atomic E-state index is 12.8. The van der Waals surface area contributed by atoms with Crippen LogP contribution in [0.2, 0.25) is 0 Å². The summed E-state index contributed by atoms with van der Waals surface area (Å²) >= 11 is 0. The number of ether oxygens (including phenoxy) is 2. The summed E-state index contributed by atoms with van der Waals surface area (Å²) < 4.78 is 52.7. The largest absolute Gasteiger partial charge is 0.493 e. The minimum absolute atomic E-state index is 0.00718. The van der Waals surface area contributed by atoms with E-state index in [4.69, 9.17) is 9.47 Å². The molecule has 4 rings (SSSR count). The Labute approximate surface area is 193 Å². The van der Waals surface area contributed by atoms with Crippen molar-refractivity contribution in [2.24, 2.45) is 0 Å². The van der Waals surface area contributed by atoms with Gasteiger partial charge in [0.05, 0.1) is 20.6 Å². The van der Waals surface area contributed by atoms with Gasteiger partial charge in [-0.15, -0.1) is 0 Å². The van der Waals surface area contributed by atoms with Crippen molar-refractivity contribution in [1.29, 1.82) is 0 Å². The van der Waals surface area contributed by atoms with Gasteiger partial charge in [0.1, 0.15) is 5.82 Å². The predicted octanol–water partition coefficient (Wildman–Crippen LogP) is 3.06. The monoisotopic (exact) mass is 477 g/mol. The average molecular weight is 477 g/mol. The molecule has 12 heteroatoms. The van der Waals surface area contributed by atoms with E-state index in [0.29, 0.717) is 49.1 Å². The van der Waals surface area contributed by atoms with Gasteiger partial charge < -0.3 is 23.8 Å². The molecule has 0 aliphatic carbocycles. The molecule has 1 aliphatic rings. The predicted molar refractivity (Wildman–Crippen MR) is 115 cm³/mol. The van der Waals surface area contributed by atoms with Crippen LogP contribution in [0.3, 0.4) is 0 Å². The minimum atomic E-state index is -4.70. The summed E-state index contributed by atoms with van der Waals surface area (Å²) in [6.07, 6.45) is -3.05. The topological polar surface area (TPSA) is 93.8 Å². The van der Waals surface area contributed by atoms with Gasteiger partial charge in [0.25, 0.3) is 0 Å². The number of nitrogens with zero attached hydrogens (tertiary/aromatic N) is 5. The molecule has 0 N–H and O–H groups in total. The Morgan fingerprint density at radius 2 is 1.79 bits per heavy atom. The van der Waals surface area contributed by atoms with Crippen molar-refractivity contribution >= 4 is 11.7 Å². The molecule has 9 nitrogen and oxygen atoms in total. The minimum Gasteiger partial charge on any atom is -0.493 e. The molecule has 1 saturated heterocycles. The number of piperazine rings is 1. The normalized spacial score (nSPS) is 14.3. The van der Waals surface area contributed by atoms with E-state index in [0.717, 1.165) is 5.56 Å². The van der Waals surface area contributed by atoms with Gasteiger partial charge in [0, 0.05) is 37.9 Å². The van der Waals surface area contributed by atoms with Crippen LogP contribution in [0, 0.1) is 0 Å². The highest BCUT2D eigenvalue weighted by Crippen LogP contribution is 2.30. The fourth-order valence-corrected chi connectivity index (χ4v) is 3.62. The molecule has 3 aromatic rings. The molecule has 3 heterocycles. The number of halogens is 3. The number of alkyl halides is 3. The zero-order chi connectivity index (χ0) is 24.3. The Balaban J connectivity index is 1.33. The number of rotatable bonds is 6. The van der Waals surface area contributed by atoms with Gasteiger partial charge in [-0.2, -0.15) is 18.2 Å². The number of methoxy groups -OCH3 is 2. The summed E-state index contributed by atoms with van der Waals surface area (Å²) in [5.41, 5.74) is 1.14. The number of pyridine rings is 1. The standard InChI is InChI=1S/C22H22F3N5O4/c1-32-16-5-3-14(11-17(16)33-2)12-19(31)30-9-7-29(8-10-30)18-6-4-15(13-26-18)20-27-21(34-28-20)22(23,24)25/h3-6,11,13H,7-10,12H2,1-2H3. The summed E-state index contributed by atoms with van der Waals surface area (Å²) in [7, 11) is 3.10. The van der Waals surface area contributed by atoms with E-state index in [1.54, 1.807) is 43.4 Å². The third kappa shape index (κ3) is 5.05. The first-order valence-electron chi connectivity index (χ1n) is 10.4. The highest BCUT2D eigenvalue weighted by Gasteiger charge is 2.38. The van der Waals surface area contributed by atoms with Crippen LogP contribution in [0.5, 0.6) is 11.5 Å². The second-order valence-corrected chi connectivity index (χ2v) is 7.56. The van der Waals surface area contributed by atoms with Crippen LogP contribution < -0.4 is 14.4 Å². The van der Waals surface area contributed by atoms with Crippen molar-refractivity contribution in [2.45, 2.75) is 12.6 Å². The Morgan fingerprint density at radius 3 is 2.38 bits per heavy atom. The molecule has 0 radical (unpaired) electrons. The van der Waals surface area contributed by atoms with Crippen molar-refractivity contribution in [3.05, 3.63) is 48.0 Å².